The number of hydrogen-bond acceptors (Lipinski definition) is 3. The summed E-state index contributed by atoms with van der Waals surface area (Å²) in [5, 5.41) is 5.15. The molecule has 4 nitrogen and oxygen atoms in total. The molecular formula is C23H25NO3. The standard InChI is InChI=1S/C23H25NO3/c1-4-22(27-21-13-12-17-8-5-6-9-18(17)14-21)23(25)24-19-10-7-11-20(15-19)26-16(2)3/h5-16,22H,4H2,1-3H3,(H,24,25)/t22-/m1/s1. The molecule has 0 heterocycles. The lowest BCUT2D eigenvalue weighted by Gasteiger charge is -2.18. The number of hydrogen-bond donors (Lipinski definition) is 1. The van der Waals surface area contributed by atoms with E-state index in [0.717, 1.165) is 16.5 Å². The molecule has 0 saturated heterocycles. The van der Waals surface area contributed by atoms with Gasteiger partial charge in [-0.15, -0.1) is 0 Å². The molecule has 3 aromatic carbocycles. The van der Waals surface area contributed by atoms with E-state index in [-0.39, 0.29) is 12.0 Å². The molecule has 0 aliphatic heterocycles. The summed E-state index contributed by atoms with van der Waals surface area (Å²) in [5.41, 5.74) is 0.693. The topological polar surface area (TPSA) is 47.6 Å². The first-order valence-electron chi connectivity index (χ1n) is 9.28. The zero-order chi connectivity index (χ0) is 19.2. The van der Waals surface area contributed by atoms with Crippen molar-refractivity contribution in [2.75, 3.05) is 5.32 Å². The summed E-state index contributed by atoms with van der Waals surface area (Å²) in [6.45, 7) is 5.87. The predicted molar refractivity (Wildman–Crippen MR) is 109 cm³/mol. The lowest BCUT2D eigenvalue weighted by atomic mass is 10.1. The summed E-state index contributed by atoms with van der Waals surface area (Å²) >= 11 is 0. The largest absolute Gasteiger partial charge is 0.491 e. The Labute approximate surface area is 160 Å². The van der Waals surface area contributed by atoms with Gasteiger partial charge >= 0.3 is 0 Å². The van der Waals surface area contributed by atoms with Gasteiger partial charge in [0.25, 0.3) is 5.91 Å². The van der Waals surface area contributed by atoms with Crippen molar-refractivity contribution in [1.82, 2.24) is 0 Å². The summed E-state index contributed by atoms with van der Waals surface area (Å²) in [4.78, 5) is 12.7. The molecule has 4 heteroatoms. The van der Waals surface area contributed by atoms with Crippen molar-refractivity contribution in [3.8, 4) is 11.5 Å². The van der Waals surface area contributed by atoms with Gasteiger partial charge in [0.1, 0.15) is 11.5 Å². The van der Waals surface area contributed by atoms with E-state index in [4.69, 9.17) is 9.47 Å². The van der Waals surface area contributed by atoms with Crippen LogP contribution in [0.1, 0.15) is 27.2 Å². The Balaban J connectivity index is 1.70. The second kappa shape index (κ2) is 8.58. The second-order valence-corrected chi connectivity index (χ2v) is 6.71. The van der Waals surface area contributed by atoms with E-state index in [9.17, 15) is 4.79 Å². The van der Waals surface area contributed by atoms with E-state index in [0.29, 0.717) is 17.9 Å². The smallest absolute Gasteiger partial charge is 0.265 e. The van der Waals surface area contributed by atoms with Gasteiger partial charge in [-0.3, -0.25) is 4.79 Å². The Morgan fingerprint density at radius 1 is 0.889 bits per heavy atom. The number of rotatable bonds is 7. The van der Waals surface area contributed by atoms with E-state index < -0.39 is 6.10 Å². The maximum absolute atomic E-state index is 12.7. The van der Waals surface area contributed by atoms with E-state index in [2.05, 4.69) is 11.4 Å². The third kappa shape index (κ3) is 5.00. The van der Waals surface area contributed by atoms with Crippen LogP contribution in [0.2, 0.25) is 0 Å². The average molecular weight is 363 g/mol. The van der Waals surface area contributed by atoms with Crippen LogP contribution in [-0.4, -0.2) is 18.1 Å². The highest BCUT2D eigenvalue weighted by atomic mass is 16.5. The van der Waals surface area contributed by atoms with Gasteiger partial charge in [-0.2, -0.15) is 0 Å². The molecule has 0 fully saturated rings. The average Bonchev–Trinajstić information content (AvgIpc) is 2.65. The van der Waals surface area contributed by atoms with Crippen molar-refractivity contribution in [2.45, 2.75) is 39.4 Å². The number of anilines is 1. The van der Waals surface area contributed by atoms with Gasteiger partial charge in [0.2, 0.25) is 0 Å². The van der Waals surface area contributed by atoms with Crippen LogP contribution in [0.15, 0.2) is 66.7 Å². The minimum Gasteiger partial charge on any atom is -0.491 e. The van der Waals surface area contributed by atoms with Gasteiger partial charge in [0.05, 0.1) is 6.10 Å². The van der Waals surface area contributed by atoms with E-state index in [1.807, 2.05) is 81.4 Å². The minimum absolute atomic E-state index is 0.0792. The lowest BCUT2D eigenvalue weighted by molar-refractivity contribution is -0.122. The molecule has 3 aromatic rings. The van der Waals surface area contributed by atoms with Gasteiger partial charge in [0.15, 0.2) is 6.10 Å². The Hall–Kier alpha value is -3.01. The maximum atomic E-state index is 12.7. The molecular weight excluding hydrogens is 338 g/mol. The van der Waals surface area contributed by atoms with E-state index in [1.165, 1.54) is 0 Å². The number of ether oxygens (including phenoxy) is 2. The van der Waals surface area contributed by atoms with Crippen molar-refractivity contribution < 1.29 is 14.3 Å². The van der Waals surface area contributed by atoms with Crippen molar-refractivity contribution >= 4 is 22.4 Å². The molecule has 27 heavy (non-hydrogen) atoms. The highest BCUT2D eigenvalue weighted by Crippen LogP contribution is 2.23. The minimum atomic E-state index is -0.569. The number of benzene rings is 3. The van der Waals surface area contributed by atoms with Crippen LogP contribution in [0.5, 0.6) is 11.5 Å². The first-order chi connectivity index (χ1) is 13.0. The number of amides is 1. The quantitative estimate of drug-likeness (QED) is 0.609. The zero-order valence-corrected chi connectivity index (χ0v) is 15.9. The Bertz CT molecular complexity index is 920. The molecule has 0 unspecified atom stereocenters. The molecule has 0 aliphatic rings. The Morgan fingerprint density at radius 2 is 1.63 bits per heavy atom. The third-order valence-electron chi connectivity index (χ3n) is 4.14. The molecule has 0 aliphatic carbocycles. The molecule has 3 rings (SSSR count). The number of carbonyl (C=O) groups excluding carboxylic acids is 1. The summed E-state index contributed by atoms with van der Waals surface area (Å²) in [7, 11) is 0. The molecule has 0 bridgehead atoms. The van der Waals surface area contributed by atoms with E-state index in [1.54, 1.807) is 0 Å². The molecule has 1 atom stereocenters. The highest BCUT2D eigenvalue weighted by molar-refractivity contribution is 5.94. The summed E-state index contributed by atoms with van der Waals surface area (Å²) in [5.74, 6) is 1.24. The third-order valence-corrected chi connectivity index (χ3v) is 4.14. The van der Waals surface area contributed by atoms with Gasteiger partial charge in [-0.25, -0.2) is 0 Å². The summed E-state index contributed by atoms with van der Waals surface area (Å²) in [6, 6.07) is 21.3. The summed E-state index contributed by atoms with van der Waals surface area (Å²) < 4.78 is 11.6. The Morgan fingerprint density at radius 3 is 2.37 bits per heavy atom. The molecule has 0 aromatic heterocycles. The van der Waals surface area contributed by atoms with Crippen molar-refractivity contribution in [2.24, 2.45) is 0 Å². The van der Waals surface area contributed by atoms with Crippen molar-refractivity contribution in [1.29, 1.82) is 0 Å². The van der Waals surface area contributed by atoms with Crippen LogP contribution in [0.4, 0.5) is 5.69 Å². The number of nitrogens with one attached hydrogen (secondary N) is 1. The molecule has 0 saturated carbocycles. The van der Waals surface area contributed by atoms with Crippen LogP contribution in [0, 0.1) is 0 Å². The number of carbonyl (C=O) groups is 1. The first-order valence-corrected chi connectivity index (χ1v) is 9.28. The van der Waals surface area contributed by atoms with Crippen LogP contribution in [0.25, 0.3) is 10.8 Å². The SMILES string of the molecule is CC[C@@H](Oc1ccc2ccccc2c1)C(=O)Nc1cccc(OC(C)C)c1. The van der Waals surface area contributed by atoms with Crippen LogP contribution < -0.4 is 14.8 Å². The zero-order valence-electron chi connectivity index (χ0n) is 15.9. The van der Waals surface area contributed by atoms with Crippen molar-refractivity contribution in [3.05, 3.63) is 66.7 Å². The summed E-state index contributed by atoms with van der Waals surface area (Å²) in [6.07, 6.45) is 0.0809. The molecule has 1 amide bonds. The van der Waals surface area contributed by atoms with Gasteiger partial charge in [0, 0.05) is 11.8 Å². The molecule has 140 valence electrons. The molecule has 1 N–H and O–H groups in total. The first kappa shape index (κ1) is 18.8. The molecule has 0 spiro atoms. The van der Waals surface area contributed by atoms with Gasteiger partial charge < -0.3 is 14.8 Å². The van der Waals surface area contributed by atoms with E-state index >= 15 is 0 Å². The second-order valence-electron chi connectivity index (χ2n) is 6.71. The van der Waals surface area contributed by atoms with Crippen molar-refractivity contribution in [3.63, 3.8) is 0 Å². The lowest BCUT2D eigenvalue weighted by Crippen LogP contribution is -2.32. The van der Waals surface area contributed by atoms with Gasteiger partial charge in [-0.05, 0) is 55.3 Å². The predicted octanol–water partition coefficient (Wildman–Crippen LogP) is 5.42. The normalized spacial score (nSPS) is 12.0. The molecule has 0 radical (unpaired) electrons. The monoisotopic (exact) mass is 363 g/mol. The Kier molecular flexibility index (Phi) is 5.97. The van der Waals surface area contributed by atoms with Gasteiger partial charge in [-0.1, -0.05) is 43.3 Å². The van der Waals surface area contributed by atoms with Crippen LogP contribution in [0.3, 0.4) is 0 Å². The maximum Gasteiger partial charge on any atom is 0.265 e. The fraction of sp³-hybridized carbons (Fsp3) is 0.261. The fourth-order valence-electron chi connectivity index (χ4n) is 2.87. The highest BCUT2D eigenvalue weighted by Gasteiger charge is 2.19. The number of fused-ring (bicyclic) bond motifs is 1. The fourth-order valence-corrected chi connectivity index (χ4v) is 2.87. The van der Waals surface area contributed by atoms with Crippen LogP contribution in [-0.2, 0) is 4.79 Å². The van der Waals surface area contributed by atoms with Crippen LogP contribution >= 0.6 is 0 Å².